The van der Waals surface area contributed by atoms with Gasteiger partial charge in [0.25, 0.3) is 0 Å². The second-order valence-corrected chi connectivity index (χ2v) is 5.12. The van der Waals surface area contributed by atoms with Crippen molar-refractivity contribution in [3.8, 4) is 0 Å². The SMILES string of the molecule is CCNCc1ccc(N(CCO)C2CC2)c(Cl)c1. The van der Waals surface area contributed by atoms with Crippen LogP contribution in [0.3, 0.4) is 0 Å². The Labute approximate surface area is 114 Å². The molecule has 1 fully saturated rings. The number of nitrogens with zero attached hydrogens (tertiary/aromatic N) is 1. The minimum Gasteiger partial charge on any atom is -0.395 e. The molecule has 2 N–H and O–H groups in total. The zero-order valence-electron chi connectivity index (χ0n) is 10.8. The van der Waals surface area contributed by atoms with Gasteiger partial charge in [0.1, 0.15) is 0 Å². The average molecular weight is 269 g/mol. The van der Waals surface area contributed by atoms with Crippen LogP contribution < -0.4 is 10.2 Å². The highest BCUT2D eigenvalue weighted by Gasteiger charge is 2.29. The molecule has 1 aromatic rings. The molecule has 100 valence electrons. The van der Waals surface area contributed by atoms with E-state index in [9.17, 15) is 0 Å². The summed E-state index contributed by atoms with van der Waals surface area (Å²) in [6.45, 7) is 4.73. The van der Waals surface area contributed by atoms with E-state index in [4.69, 9.17) is 16.7 Å². The summed E-state index contributed by atoms with van der Waals surface area (Å²) in [5.41, 5.74) is 2.25. The molecule has 1 aromatic carbocycles. The Bertz CT molecular complexity index is 393. The molecule has 0 spiro atoms. The lowest BCUT2D eigenvalue weighted by Crippen LogP contribution is -2.29. The van der Waals surface area contributed by atoms with Crippen molar-refractivity contribution in [1.82, 2.24) is 5.32 Å². The van der Waals surface area contributed by atoms with Crippen LogP contribution >= 0.6 is 11.6 Å². The highest BCUT2D eigenvalue weighted by molar-refractivity contribution is 6.33. The normalized spacial score (nSPS) is 14.8. The van der Waals surface area contributed by atoms with E-state index in [2.05, 4.69) is 29.3 Å². The first-order valence-corrected chi connectivity index (χ1v) is 7.00. The fourth-order valence-electron chi connectivity index (χ4n) is 2.16. The van der Waals surface area contributed by atoms with Crippen molar-refractivity contribution in [1.29, 1.82) is 0 Å². The zero-order chi connectivity index (χ0) is 13.0. The maximum Gasteiger partial charge on any atom is 0.0642 e. The van der Waals surface area contributed by atoms with Crippen LogP contribution in [0.5, 0.6) is 0 Å². The summed E-state index contributed by atoms with van der Waals surface area (Å²) in [6, 6.07) is 6.76. The zero-order valence-corrected chi connectivity index (χ0v) is 11.6. The molecule has 4 heteroatoms. The lowest BCUT2D eigenvalue weighted by molar-refractivity contribution is 0.301. The maximum atomic E-state index is 9.14. The third kappa shape index (κ3) is 3.37. The smallest absolute Gasteiger partial charge is 0.0642 e. The van der Waals surface area contributed by atoms with Crippen molar-refractivity contribution in [3.05, 3.63) is 28.8 Å². The number of anilines is 1. The third-order valence-corrected chi connectivity index (χ3v) is 3.53. The number of aliphatic hydroxyl groups is 1. The van der Waals surface area contributed by atoms with E-state index in [1.807, 2.05) is 6.07 Å². The van der Waals surface area contributed by atoms with Crippen molar-refractivity contribution in [3.63, 3.8) is 0 Å². The van der Waals surface area contributed by atoms with E-state index in [0.29, 0.717) is 12.6 Å². The number of hydrogen-bond donors (Lipinski definition) is 2. The Balaban J connectivity index is 2.11. The van der Waals surface area contributed by atoms with E-state index in [1.54, 1.807) is 0 Å². The molecular weight excluding hydrogens is 248 g/mol. The summed E-state index contributed by atoms with van der Waals surface area (Å²) in [6.07, 6.45) is 2.41. The molecule has 1 aliphatic rings. The first-order chi connectivity index (χ1) is 8.76. The summed E-state index contributed by atoms with van der Waals surface area (Å²) in [5.74, 6) is 0. The van der Waals surface area contributed by atoms with Crippen molar-refractivity contribution < 1.29 is 5.11 Å². The molecular formula is C14H21ClN2O. The Hall–Kier alpha value is -0.770. The van der Waals surface area contributed by atoms with Crippen molar-refractivity contribution in [2.75, 3.05) is 24.6 Å². The fraction of sp³-hybridized carbons (Fsp3) is 0.571. The largest absolute Gasteiger partial charge is 0.395 e. The highest BCUT2D eigenvalue weighted by Crippen LogP contribution is 2.35. The molecule has 18 heavy (non-hydrogen) atoms. The lowest BCUT2D eigenvalue weighted by Gasteiger charge is -2.25. The Morgan fingerprint density at radius 1 is 1.44 bits per heavy atom. The van der Waals surface area contributed by atoms with E-state index in [0.717, 1.165) is 23.8 Å². The molecule has 1 aliphatic carbocycles. The van der Waals surface area contributed by atoms with Gasteiger partial charge >= 0.3 is 0 Å². The van der Waals surface area contributed by atoms with Crippen molar-refractivity contribution in [2.24, 2.45) is 0 Å². The predicted octanol–water partition coefficient (Wildman–Crippen LogP) is 2.41. The summed E-state index contributed by atoms with van der Waals surface area (Å²) in [4.78, 5) is 2.22. The molecule has 0 unspecified atom stereocenters. The van der Waals surface area contributed by atoms with Gasteiger partial charge in [-0.2, -0.15) is 0 Å². The summed E-state index contributed by atoms with van der Waals surface area (Å²) >= 11 is 6.36. The van der Waals surface area contributed by atoms with Gasteiger partial charge in [-0.15, -0.1) is 0 Å². The van der Waals surface area contributed by atoms with Gasteiger partial charge in [0.2, 0.25) is 0 Å². The van der Waals surface area contributed by atoms with Gasteiger partial charge in [0, 0.05) is 19.1 Å². The van der Waals surface area contributed by atoms with E-state index in [-0.39, 0.29) is 6.61 Å². The van der Waals surface area contributed by atoms with Crippen molar-refractivity contribution in [2.45, 2.75) is 32.4 Å². The van der Waals surface area contributed by atoms with Crippen LogP contribution in [0.4, 0.5) is 5.69 Å². The van der Waals surface area contributed by atoms with E-state index < -0.39 is 0 Å². The number of halogens is 1. The number of nitrogens with one attached hydrogen (secondary N) is 1. The van der Waals surface area contributed by atoms with E-state index >= 15 is 0 Å². The van der Waals surface area contributed by atoms with Crippen LogP contribution in [0, 0.1) is 0 Å². The van der Waals surface area contributed by atoms with Crippen LogP contribution in [0.1, 0.15) is 25.3 Å². The maximum absolute atomic E-state index is 9.14. The fourth-order valence-corrected chi connectivity index (χ4v) is 2.47. The Morgan fingerprint density at radius 3 is 2.78 bits per heavy atom. The number of aliphatic hydroxyl groups excluding tert-OH is 1. The van der Waals surface area contributed by atoms with Gasteiger partial charge in [-0.25, -0.2) is 0 Å². The van der Waals surface area contributed by atoms with Crippen LogP contribution in [0.2, 0.25) is 5.02 Å². The van der Waals surface area contributed by atoms with Gasteiger partial charge in [-0.1, -0.05) is 24.6 Å². The van der Waals surface area contributed by atoms with Crippen LogP contribution in [0.15, 0.2) is 18.2 Å². The molecule has 2 rings (SSSR count). The van der Waals surface area contributed by atoms with Crippen LogP contribution in [-0.2, 0) is 6.54 Å². The predicted molar refractivity (Wildman–Crippen MR) is 76.3 cm³/mol. The minimum absolute atomic E-state index is 0.173. The quantitative estimate of drug-likeness (QED) is 0.797. The number of hydrogen-bond acceptors (Lipinski definition) is 3. The van der Waals surface area contributed by atoms with Gasteiger partial charge in [0.15, 0.2) is 0 Å². The molecule has 0 heterocycles. The van der Waals surface area contributed by atoms with Gasteiger partial charge in [-0.3, -0.25) is 0 Å². The molecule has 0 aromatic heterocycles. The highest BCUT2D eigenvalue weighted by atomic mass is 35.5. The standard InChI is InChI=1S/C14H21ClN2O/c1-2-16-10-11-3-6-14(13(15)9-11)17(7-8-18)12-4-5-12/h3,6,9,12,16,18H,2,4-5,7-8,10H2,1H3. The van der Waals surface area contributed by atoms with Gasteiger partial charge < -0.3 is 15.3 Å². The first-order valence-electron chi connectivity index (χ1n) is 6.63. The molecule has 0 radical (unpaired) electrons. The topological polar surface area (TPSA) is 35.5 Å². The molecule has 1 saturated carbocycles. The average Bonchev–Trinajstić information content (AvgIpc) is 3.18. The Morgan fingerprint density at radius 2 is 2.22 bits per heavy atom. The summed E-state index contributed by atoms with van der Waals surface area (Å²) < 4.78 is 0. The molecule has 0 bridgehead atoms. The van der Waals surface area contributed by atoms with Crippen molar-refractivity contribution >= 4 is 17.3 Å². The third-order valence-electron chi connectivity index (χ3n) is 3.23. The van der Waals surface area contributed by atoms with Crippen LogP contribution in [0.25, 0.3) is 0 Å². The first kappa shape index (κ1) is 13.7. The lowest BCUT2D eigenvalue weighted by atomic mass is 10.2. The van der Waals surface area contributed by atoms with Gasteiger partial charge in [0.05, 0.1) is 17.3 Å². The molecule has 0 aliphatic heterocycles. The van der Waals surface area contributed by atoms with Gasteiger partial charge in [-0.05, 0) is 37.1 Å². The van der Waals surface area contributed by atoms with Crippen LogP contribution in [-0.4, -0.2) is 30.8 Å². The molecule has 3 nitrogen and oxygen atoms in total. The van der Waals surface area contributed by atoms with E-state index in [1.165, 1.54) is 18.4 Å². The summed E-state index contributed by atoms with van der Waals surface area (Å²) in [7, 11) is 0. The summed E-state index contributed by atoms with van der Waals surface area (Å²) in [5, 5.41) is 13.2. The number of rotatable bonds is 7. The number of benzene rings is 1. The molecule has 0 saturated heterocycles. The minimum atomic E-state index is 0.173. The molecule has 0 atom stereocenters. The Kier molecular flexibility index (Phi) is 4.87. The monoisotopic (exact) mass is 268 g/mol. The second kappa shape index (κ2) is 6.41. The molecule has 0 amide bonds. The second-order valence-electron chi connectivity index (χ2n) is 4.71.